The first kappa shape index (κ1) is 20.2. The van der Waals surface area contributed by atoms with E-state index in [0.29, 0.717) is 22.7 Å². The van der Waals surface area contributed by atoms with E-state index in [9.17, 15) is 9.59 Å². The molecule has 2 heterocycles. The van der Waals surface area contributed by atoms with Crippen molar-refractivity contribution >= 4 is 23.1 Å². The highest BCUT2D eigenvalue weighted by Gasteiger charge is 2.40. The minimum absolute atomic E-state index is 0.141. The molecule has 1 N–H and O–H groups in total. The predicted octanol–water partition coefficient (Wildman–Crippen LogP) is 3.49. The summed E-state index contributed by atoms with van der Waals surface area (Å²) < 4.78 is 10.7. The fourth-order valence-electron chi connectivity index (χ4n) is 3.45. The Labute approximate surface area is 179 Å². The Morgan fingerprint density at radius 2 is 1.68 bits per heavy atom. The largest absolute Gasteiger partial charge is 0.497 e. The quantitative estimate of drug-likeness (QED) is 0.595. The molecule has 0 saturated carbocycles. The van der Waals surface area contributed by atoms with Gasteiger partial charge in [-0.2, -0.15) is 0 Å². The molecule has 2 amide bonds. The Kier molecular flexibility index (Phi) is 5.66. The molecule has 0 fully saturated rings. The number of para-hydroxylation sites is 1. The molecule has 0 saturated heterocycles. The zero-order valence-corrected chi connectivity index (χ0v) is 17.2. The standard InChI is InChI=1S/C24H21N3O4/c1-30-18-7-5-6-17(14-18)26-22-21(19-8-3-4-9-20(19)31-2)23(28)27(24(22)29)15-16-10-12-25-13-11-16/h3-14,26H,15H2,1-2H3. The second-order valence-corrected chi connectivity index (χ2v) is 6.86. The number of carbonyl (C=O) groups is 2. The van der Waals surface area contributed by atoms with Crippen molar-refractivity contribution in [3.63, 3.8) is 0 Å². The second kappa shape index (κ2) is 8.71. The third-order valence-electron chi connectivity index (χ3n) is 4.97. The van der Waals surface area contributed by atoms with Crippen molar-refractivity contribution in [2.45, 2.75) is 6.54 Å². The lowest BCUT2D eigenvalue weighted by Gasteiger charge is -2.15. The van der Waals surface area contributed by atoms with Gasteiger partial charge in [0.25, 0.3) is 11.8 Å². The first-order valence-electron chi connectivity index (χ1n) is 9.66. The molecule has 1 aromatic heterocycles. The number of pyridine rings is 1. The Morgan fingerprint density at radius 3 is 2.42 bits per heavy atom. The highest BCUT2D eigenvalue weighted by molar-refractivity contribution is 6.36. The number of hydrogen-bond donors (Lipinski definition) is 1. The number of imide groups is 1. The van der Waals surface area contributed by atoms with Gasteiger partial charge in [0.2, 0.25) is 0 Å². The van der Waals surface area contributed by atoms with Crippen molar-refractivity contribution < 1.29 is 19.1 Å². The van der Waals surface area contributed by atoms with E-state index in [-0.39, 0.29) is 17.8 Å². The maximum Gasteiger partial charge on any atom is 0.278 e. The van der Waals surface area contributed by atoms with Gasteiger partial charge in [-0.15, -0.1) is 0 Å². The summed E-state index contributed by atoms with van der Waals surface area (Å²) in [6.45, 7) is 0.141. The number of amides is 2. The van der Waals surface area contributed by atoms with Gasteiger partial charge >= 0.3 is 0 Å². The number of ether oxygens (including phenoxy) is 2. The van der Waals surface area contributed by atoms with Crippen LogP contribution in [0.2, 0.25) is 0 Å². The Bertz CT molecular complexity index is 1160. The van der Waals surface area contributed by atoms with Crippen LogP contribution in [0.25, 0.3) is 5.57 Å². The molecular formula is C24H21N3O4. The van der Waals surface area contributed by atoms with Gasteiger partial charge in [-0.25, -0.2) is 0 Å². The van der Waals surface area contributed by atoms with E-state index in [1.165, 1.54) is 12.0 Å². The highest BCUT2D eigenvalue weighted by atomic mass is 16.5. The van der Waals surface area contributed by atoms with Gasteiger partial charge in [-0.3, -0.25) is 19.5 Å². The third kappa shape index (κ3) is 3.98. The van der Waals surface area contributed by atoms with Gasteiger partial charge < -0.3 is 14.8 Å². The monoisotopic (exact) mass is 415 g/mol. The van der Waals surface area contributed by atoms with E-state index in [0.717, 1.165) is 5.56 Å². The number of methoxy groups -OCH3 is 2. The smallest absolute Gasteiger partial charge is 0.278 e. The lowest BCUT2D eigenvalue weighted by molar-refractivity contribution is -0.137. The molecule has 0 bridgehead atoms. The molecule has 1 aliphatic heterocycles. The number of aromatic nitrogens is 1. The van der Waals surface area contributed by atoms with E-state index >= 15 is 0 Å². The molecular weight excluding hydrogens is 394 g/mol. The predicted molar refractivity (Wildman–Crippen MR) is 116 cm³/mol. The molecule has 2 aromatic carbocycles. The zero-order valence-electron chi connectivity index (χ0n) is 17.2. The van der Waals surface area contributed by atoms with Crippen molar-refractivity contribution in [2.24, 2.45) is 0 Å². The Morgan fingerprint density at radius 1 is 0.903 bits per heavy atom. The molecule has 0 atom stereocenters. The van der Waals surface area contributed by atoms with Crippen LogP contribution in [0.3, 0.4) is 0 Å². The number of benzene rings is 2. The summed E-state index contributed by atoms with van der Waals surface area (Å²) in [4.78, 5) is 32.0. The number of hydrogen-bond acceptors (Lipinski definition) is 6. The lowest BCUT2D eigenvalue weighted by atomic mass is 10.0. The summed E-state index contributed by atoms with van der Waals surface area (Å²) in [5.41, 5.74) is 2.44. The fraction of sp³-hybridized carbons (Fsp3) is 0.125. The summed E-state index contributed by atoms with van der Waals surface area (Å²) in [5.74, 6) is 0.339. The molecule has 7 heteroatoms. The van der Waals surface area contributed by atoms with E-state index in [4.69, 9.17) is 9.47 Å². The maximum absolute atomic E-state index is 13.4. The number of anilines is 1. The molecule has 0 spiro atoms. The first-order chi connectivity index (χ1) is 15.1. The van der Waals surface area contributed by atoms with Crippen LogP contribution >= 0.6 is 0 Å². The summed E-state index contributed by atoms with van der Waals surface area (Å²) in [6.07, 6.45) is 3.26. The first-order valence-corrected chi connectivity index (χ1v) is 9.66. The average molecular weight is 415 g/mol. The number of rotatable bonds is 7. The number of nitrogens with one attached hydrogen (secondary N) is 1. The highest BCUT2D eigenvalue weighted by Crippen LogP contribution is 2.36. The minimum atomic E-state index is -0.412. The summed E-state index contributed by atoms with van der Waals surface area (Å²) in [6, 6.07) is 17.9. The van der Waals surface area contributed by atoms with Crippen LogP contribution in [0, 0.1) is 0 Å². The van der Waals surface area contributed by atoms with Crippen molar-refractivity contribution in [2.75, 3.05) is 19.5 Å². The van der Waals surface area contributed by atoms with Crippen LogP contribution < -0.4 is 14.8 Å². The lowest BCUT2D eigenvalue weighted by Crippen LogP contribution is -2.32. The molecule has 0 radical (unpaired) electrons. The maximum atomic E-state index is 13.4. The van der Waals surface area contributed by atoms with Gasteiger partial charge in [0.15, 0.2) is 0 Å². The van der Waals surface area contributed by atoms with Crippen molar-refractivity contribution in [3.05, 3.63) is 89.9 Å². The normalized spacial score (nSPS) is 13.5. The molecule has 0 unspecified atom stereocenters. The van der Waals surface area contributed by atoms with E-state index in [2.05, 4.69) is 10.3 Å². The molecule has 0 aliphatic carbocycles. The van der Waals surface area contributed by atoms with E-state index < -0.39 is 11.8 Å². The summed E-state index contributed by atoms with van der Waals surface area (Å²) in [7, 11) is 3.10. The van der Waals surface area contributed by atoms with E-state index in [1.807, 2.05) is 6.07 Å². The SMILES string of the molecule is COc1cccc(NC2=C(c3ccccc3OC)C(=O)N(Cc3ccncc3)C2=O)c1. The van der Waals surface area contributed by atoms with E-state index in [1.54, 1.807) is 74.1 Å². The van der Waals surface area contributed by atoms with Crippen LogP contribution in [-0.2, 0) is 16.1 Å². The van der Waals surface area contributed by atoms with Crippen LogP contribution in [0.1, 0.15) is 11.1 Å². The molecule has 1 aliphatic rings. The molecule has 4 rings (SSSR count). The fourth-order valence-corrected chi connectivity index (χ4v) is 3.45. The van der Waals surface area contributed by atoms with Crippen molar-refractivity contribution in [1.82, 2.24) is 9.88 Å². The number of carbonyl (C=O) groups excluding carboxylic acids is 2. The Hall–Kier alpha value is -4.13. The van der Waals surface area contributed by atoms with Gasteiger partial charge in [-0.05, 0) is 35.9 Å². The average Bonchev–Trinajstić information content (AvgIpc) is 3.04. The van der Waals surface area contributed by atoms with Crippen LogP contribution in [-0.4, -0.2) is 35.9 Å². The second-order valence-electron chi connectivity index (χ2n) is 6.86. The summed E-state index contributed by atoms with van der Waals surface area (Å²) >= 11 is 0. The zero-order chi connectivity index (χ0) is 21.8. The Balaban J connectivity index is 1.78. The number of nitrogens with zero attached hydrogens (tertiary/aromatic N) is 2. The van der Waals surface area contributed by atoms with Crippen molar-refractivity contribution in [3.8, 4) is 11.5 Å². The molecule has 156 valence electrons. The molecule has 3 aromatic rings. The molecule has 31 heavy (non-hydrogen) atoms. The van der Waals surface area contributed by atoms with Crippen LogP contribution in [0.5, 0.6) is 11.5 Å². The topological polar surface area (TPSA) is 80.8 Å². The summed E-state index contributed by atoms with van der Waals surface area (Å²) in [5, 5.41) is 3.13. The van der Waals surface area contributed by atoms with Gasteiger partial charge in [-0.1, -0.05) is 24.3 Å². The van der Waals surface area contributed by atoms with Gasteiger partial charge in [0.05, 0.1) is 26.3 Å². The van der Waals surface area contributed by atoms with Crippen LogP contribution in [0.15, 0.2) is 78.8 Å². The van der Waals surface area contributed by atoms with Crippen molar-refractivity contribution in [1.29, 1.82) is 0 Å². The van der Waals surface area contributed by atoms with Crippen LogP contribution in [0.4, 0.5) is 5.69 Å². The third-order valence-corrected chi connectivity index (χ3v) is 4.97. The minimum Gasteiger partial charge on any atom is -0.497 e. The molecule has 7 nitrogen and oxygen atoms in total. The van der Waals surface area contributed by atoms with Gasteiger partial charge in [0.1, 0.15) is 17.2 Å². The van der Waals surface area contributed by atoms with Gasteiger partial charge in [0, 0.05) is 29.7 Å².